The molecule has 0 spiro atoms. The Labute approximate surface area is 92.2 Å². The molecule has 0 aromatic heterocycles. The van der Waals surface area contributed by atoms with Gasteiger partial charge in [-0.3, -0.25) is 0 Å². The molecule has 0 aromatic rings. The van der Waals surface area contributed by atoms with Gasteiger partial charge in [0.2, 0.25) is 0 Å². The van der Waals surface area contributed by atoms with Gasteiger partial charge in [-0.05, 0) is 19.3 Å². The average Bonchev–Trinajstić information content (AvgIpc) is 2.29. The second-order valence-corrected chi connectivity index (χ2v) is 3.88. The zero-order valence-corrected chi connectivity index (χ0v) is 9.87. The van der Waals surface area contributed by atoms with E-state index in [0.717, 1.165) is 19.3 Å². The van der Waals surface area contributed by atoms with Crippen molar-refractivity contribution in [3.8, 4) is 0 Å². The van der Waals surface area contributed by atoms with Gasteiger partial charge < -0.3 is 19.7 Å². The lowest BCUT2D eigenvalue weighted by molar-refractivity contribution is 0.0257. The van der Waals surface area contributed by atoms with Gasteiger partial charge in [0.05, 0.1) is 26.4 Å². The van der Waals surface area contributed by atoms with Crippen LogP contribution in [0.4, 0.5) is 0 Å². The summed E-state index contributed by atoms with van der Waals surface area (Å²) in [5, 5.41) is 18.4. The molecule has 0 unspecified atom stereocenters. The Bertz CT molecular complexity index is 126. The minimum atomic E-state index is -0.329. The van der Waals surface area contributed by atoms with E-state index in [2.05, 4.69) is 0 Å². The van der Waals surface area contributed by atoms with E-state index in [1.807, 2.05) is 6.92 Å². The molecule has 0 radical (unpaired) electrons. The van der Waals surface area contributed by atoms with E-state index in [1.165, 1.54) is 0 Å². The highest BCUT2D eigenvalue weighted by molar-refractivity contribution is 4.75. The van der Waals surface area contributed by atoms with E-state index >= 15 is 0 Å². The van der Waals surface area contributed by atoms with Crippen molar-refractivity contribution in [1.82, 2.24) is 0 Å². The molecular formula is C11H24O4. The minimum absolute atomic E-state index is 0.0398. The van der Waals surface area contributed by atoms with E-state index < -0.39 is 0 Å². The van der Waals surface area contributed by atoms with E-state index in [9.17, 15) is 10.2 Å². The highest BCUT2D eigenvalue weighted by Crippen LogP contribution is 2.26. The quantitative estimate of drug-likeness (QED) is 0.535. The molecule has 4 nitrogen and oxygen atoms in total. The first-order valence-electron chi connectivity index (χ1n) is 5.53. The zero-order chi connectivity index (χ0) is 11.6. The fraction of sp³-hybridized carbons (Fsp3) is 1.00. The summed E-state index contributed by atoms with van der Waals surface area (Å²) in [5.74, 6) is 0. The highest BCUT2D eigenvalue weighted by atomic mass is 16.5. The van der Waals surface area contributed by atoms with Gasteiger partial charge in [-0.25, -0.2) is 0 Å². The molecule has 0 fully saturated rings. The second kappa shape index (κ2) is 9.09. The van der Waals surface area contributed by atoms with Gasteiger partial charge in [0.1, 0.15) is 0 Å². The molecule has 0 aliphatic heterocycles. The summed E-state index contributed by atoms with van der Waals surface area (Å²) >= 11 is 0. The minimum Gasteiger partial charge on any atom is -0.396 e. The lowest BCUT2D eigenvalue weighted by Crippen LogP contribution is -2.29. The summed E-state index contributed by atoms with van der Waals surface area (Å²) in [6.45, 7) is 3.94. The predicted octanol–water partition coefficient (Wildman–Crippen LogP) is 0.811. The summed E-state index contributed by atoms with van der Waals surface area (Å²) in [6, 6.07) is 0. The molecule has 0 aromatic carbocycles. The number of methoxy groups -OCH3 is 1. The van der Waals surface area contributed by atoms with Gasteiger partial charge >= 0.3 is 0 Å². The number of aliphatic hydroxyl groups excluding tert-OH is 2. The zero-order valence-electron chi connectivity index (χ0n) is 9.87. The highest BCUT2D eigenvalue weighted by Gasteiger charge is 2.25. The van der Waals surface area contributed by atoms with Crippen LogP contribution in [0.15, 0.2) is 0 Å². The van der Waals surface area contributed by atoms with Crippen LogP contribution in [0, 0.1) is 5.41 Å². The Hall–Kier alpha value is -0.160. The number of ether oxygens (including phenoxy) is 2. The molecular weight excluding hydrogens is 196 g/mol. The molecule has 15 heavy (non-hydrogen) atoms. The maximum Gasteiger partial charge on any atom is 0.0700 e. The first-order chi connectivity index (χ1) is 7.24. The van der Waals surface area contributed by atoms with Gasteiger partial charge in [0.25, 0.3) is 0 Å². The van der Waals surface area contributed by atoms with Crippen LogP contribution in [-0.2, 0) is 9.47 Å². The molecule has 0 amide bonds. The van der Waals surface area contributed by atoms with Crippen LogP contribution in [0.1, 0.15) is 26.2 Å². The molecule has 92 valence electrons. The van der Waals surface area contributed by atoms with Crippen molar-refractivity contribution in [2.75, 3.05) is 40.1 Å². The third-order valence-corrected chi connectivity index (χ3v) is 2.85. The summed E-state index contributed by atoms with van der Waals surface area (Å²) < 4.78 is 10.2. The smallest absolute Gasteiger partial charge is 0.0700 e. The van der Waals surface area contributed by atoms with Crippen molar-refractivity contribution in [3.05, 3.63) is 0 Å². The summed E-state index contributed by atoms with van der Waals surface area (Å²) in [5.41, 5.74) is -0.329. The van der Waals surface area contributed by atoms with Crippen LogP contribution in [0.25, 0.3) is 0 Å². The molecule has 4 heteroatoms. The predicted molar refractivity (Wildman–Crippen MR) is 58.8 cm³/mol. The third kappa shape index (κ3) is 6.10. The van der Waals surface area contributed by atoms with Crippen molar-refractivity contribution in [1.29, 1.82) is 0 Å². The second-order valence-electron chi connectivity index (χ2n) is 3.88. The van der Waals surface area contributed by atoms with E-state index in [-0.39, 0.29) is 18.6 Å². The van der Waals surface area contributed by atoms with E-state index in [0.29, 0.717) is 19.8 Å². The maximum absolute atomic E-state index is 9.20. The van der Waals surface area contributed by atoms with Crippen molar-refractivity contribution in [2.24, 2.45) is 5.41 Å². The van der Waals surface area contributed by atoms with Gasteiger partial charge in [-0.2, -0.15) is 0 Å². The molecule has 2 N–H and O–H groups in total. The monoisotopic (exact) mass is 220 g/mol. The van der Waals surface area contributed by atoms with Crippen LogP contribution in [-0.4, -0.2) is 50.4 Å². The van der Waals surface area contributed by atoms with Crippen molar-refractivity contribution in [3.63, 3.8) is 0 Å². The van der Waals surface area contributed by atoms with Crippen LogP contribution >= 0.6 is 0 Å². The average molecular weight is 220 g/mol. The third-order valence-electron chi connectivity index (χ3n) is 2.85. The SMILES string of the molecule is CCC(CO)(CO)CCCOCCOC. The molecule has 0 atom stereocenters. The Kier molecular flexibility index (Phi) is 9.00. The Morgan fingerprint density at radius 2 is 1.73 bits per heavy atom. The van der Waals surface area contributed by atoms with Gasteiger partial charge in [0.15, 0.2) is 0 Å². The maximum atomic E-state index is 9.20. The fourth-order valence-electron chi connectivity index (χ4n) is 1.40. The molecule has 0 rings (SSSR count). The van der Waals surface area contributed by atoms with Gasteiger partial charge in [-0.1, -0.05) is 6.92 Å². The lowest BCUT2D eigenvalue weighted by atomic mass is 9.82. The number of hydrogen-bond acceptors (Lipinski definition) is 4. The summed E-state index contributed by atoms with van der Waals surface area (Å²) in [4.78, 5) is 0. The van der Waals surface area contributed by atoms with Gasteiger partial charge in [0, 0.05) is 19.1 Å². The Morgan fingerprint density at radius 1 is 1.07 bits per heavy atom. The lowest BCUT2D eigenvalue weighted by Gasteiger charge is -2.28. The van der Waals surface area contributed by atoms with Crippen molar-refractivity contribution >= 4 is 0 Å². The normalized spacial score (nSPS) is 12.0. The van der Waals surface area contributed by atoms with Crippen LogP contribution < -0.4 is 0 Å². The van der Waals surface area contributed by atoms with Crippen LogP contribution in [0.2, 0.25) is 0 Å². The fourth-order valence-corrected chi connectivity index (χ4v) is 1.40. The number of hydrogen-bond donors (Lipinski definition) is 2. The molecule has 0 aliphatic carbocycles. The molecule has 0 saturated heterocycles. The first kappa shape index (κ1) is 14.8. The molecule has 0 heterocycles. The van der Waals surface area contributed by atoms with Crippen LogP contribution in [0.5, 0.6) is 0 Å². The topological polar surface area (TPSA) is 58.9 Å². The van der Waals surface area contributed by atoms with Crippen LogP contribution in [0.3, 0.4) is 0 Å². The Balaban J connectivity index is 3.54. The van der Waals surface area contributed by atoms with Crippen molar-refractivity contribution < 1.29 is 19.7 Å². The Morgan fingerprint density at radius 3 is 2.20 bits per heavy atom. The number of aliphatic hydroxyl groups is 2. The number of rotatable bonds is 10. The standard InChI is InChI=1S/C11H24O4/c1-3-11(9-12,10-13)5-4-6-15-8-7-14-2/h12-13H,3-10H2,1-2H3. The molecule has 0 saturated carbocycles. The first-order valence-corrected chi connectivity index (χ1v) is 5.53. The largest absolute Gasteiger partial charge is 0.396 e. The summed E-state index contributed by atoms with van der Waals surface area (Å²) in [7, 11) is 1.64. The van der Waals surface area contributed by atoms with E-state index in [4.69, 9.17) is 9.47 Å². The van der Waals surface area contributed by atoms with Gasteiger partial charge in [-0.15, -0.1) is 0 Å². The molecule has 0 aliphatic rings. The van der Waals surface area contributed by atoms with Crippen molar-refractivity contribution in [2.45, 2.75) is 26.2 Å². The van der Waals surface area contributed by atoms with E-state index in [1.54, 1.807) is 7.11 Å². The molecule has 0 bridgehead atoms. The summed E-state index contributed by atoms with van der Waals surface area (Å²) in [6.07, 6.45) is 2.44.